The zero-order chi connectivity index (χ0) is 12.7. The Balaban J connectivity index is -0.000000208. The van der Waals surface area contributed by atoms with Gasteiger partial charge in [-0.15, -0.1) is 0 Å². The Morgan fingerprint density at radius 3 is 1.40 bits per heavy atom. The van der Waals surface area contributed by atoms with Crippen LogP contribution in [0.5, 0.6) is 0 Å². The maximum absolute atomic E-state index is 2.56. The van der Waals surface area contributed by atoms with Crippen molar-refractivity contribution in [3.8, 4) is 0 Å². The molecule has 0 radical (unpaired) electrons. The fourth-order valence-corrected chi connectivity index (χ4v) is 1.48. The van der Waals surface area contributed by atoms with Crippen molar-refractivity contribution < 1.29 is 0 Å². The van der Waals surface area contributed by atoms with E-state index in [2.05, 4.69) is 18.7 Å². The van der Waals surface area contributed by atoms with E-state index in [0.29, 0.717) is 0 Å². The highest BCUT2D eigenvalue weighted by atomic mass is 15.1. The summed E-state index contributed by atoms with van der Waals surface area (Å²) in [5.41, 5.74) is 0. The zero-order valence-electron chi connectivity index (χ0n) is 12.6. The minimum atomic E-state index is 0.850. The smallest absolute Gasteiger partial charge is 0.000438 e. The molecule has 0 aromatic heterocycles. The van der Waals surface area contributed by atoms with Crippen molar-refractivity contribution in [2.24, 2.45) is 5.92 Å². The van der Waals surface area contributed by atoms with Gasteiger partial charge in [0.1, 0.15) is 0 Å². The number of rotatable bonds is 2. The second-order valence-electron chi connectivity index (χ2n) is 3.40. The molecular weight excluding hydrogens is 182 g/mol. The van der Waals surface area contributed by atoms with Crippen LogP contribution in [0.2, 0.25) is 0 Å². The Labute approximate surface area is 99.3 Å². The van der Waals surface area contributed by atoms with Crippen LogP contribution in [-0.4, -0.2) is 24.5 Å². The van der Waals surface area contributed by atoms with Crippen molar-refractivity contribution in [1.82, 2.24) is 4.90 Å². The van der Waals surface area contributed by atoms with E-state index in [9.17, 15) is 0 Å². The minimum absolute atomic E-state index is 0.850. The molecule has 0 aliphatic carbocycles. The summed E-state index contributed by atoms with van der Waals surface area (Å²) in [5.74, 6) is 0.850. The third kappa shape index (κ3) is 16.6. The molecular formula is C14H35N. The second kappa shape index (κ2) is 19.5. The number of nitrogens with zero attached hydrogens (tertiary/aromatic N) is 1. The Morgan fingerprint density at radius 2 is 1.13 bits per heavy atom. The lowest BCUT2D eigenvalue weighted by molar-refractivity contribution is 0.298. The van der Waals surface area contributed by atoms with Crippen LogP contribution < -0.4 is 0 Å². The van der Waals surface area contributed by atoms with Gasteiger partial charge in [-0.2, -0.15) is 0 Å². The molecule has 0 saturated carbocycles. The topological polar surface area (TPSA) is 3.24 Å². The van der Waals surface area contributed by atoms with Crippen molar-refractivity contribution >= 4 is 0 Å². The molecule has 15 heavy (non-hydrogen) atoms. The summed E-state index contributed by atoms with van der Waals surface area (Å²) in [6.45, 7) is 20.6. The molecule has 0 unspecified atom stereocenters. The summed E-state index contributed by atoms with van der Waals surface area (Å²) in [4.78, 5) is 2.56. The highest BCUT2D eigenvalue weighted by Crippen LogP contribution is 2.09. The van der Waals surface area contributed by atoms with Crippen LogP contribution in [-0.2, 0) is 0 Å². The van der Waals surface area contributed by atoms with Gasteiger partial charge in [0.2, 0.25) is 0 Å². The number of hydrogen-bond acceptors (Lipinski definition) is 1. The van der Waals surface area contributed by atoms with Crippen LogP contribution in [0.4, 0.5) is 0 Å². The zero-order valence-corrected chi connectivity index (χ0v) is 12.6. The molecule has 1 aliphatic heterocycles. The average molecular weight is 217 g/mol. The fourth-order valence-electron chi connectivity index (χ4n) is 1.48. The minimum Gasteiger partial charge on any atom is -0.303 e. The molecule has 1 heteroatoms. The molecule has 0 aromatic carbocycles. The normalized spacial score (nSPS) is 14.2. The Hall–Kier alpha value is -0.0400. The van der Waals surface area contributed by atoms with Crippen LogP contribution in [0.1, 0.15) is 68.2 Å². The summed E-state index contributed by atoms with van der Waals surface area (Å²) in [6, 6.07) is 0. The summed E-state index contributed by atoms with van der Waals surface area (Å²) >= 11 is 0. The van der Waals surface area contributed by atoms with Crippen molar-refractivity contribution in [3.63, 3.8) is 0 Å². The van der Waals surface area contributed by atoms with Crippen LogP contribution in [0.25, 0.3) is 0 Å². The molecule has 1 heterocycles. The summed E-state index contributed by atoms with van der Waals surface area (Å²) in [5, 5.41) is 0. The molecule has 0 aromatic rings. The van der Waals surface area contributed by atoms with Crippen LogP contribution in [0, 0.1) is 5.92 Å². The molecule has 1 aliphatic rings. The van der Waals surface area contributed by atoms with Crippen LogP contribution in [0.3, 0.4) is 0 Å². The highest BCUT2D eigenvalue weighted by Gasteiger charge is 2.11. The van der Waals surface area contributed by atoms with E-state index in [4.69, 9.17) is 0 Å². The second-order valence-corrected chi connectivity index (χ2v) is 3.40. The van der Waals surface area contributed by atoms with Crippen LogP contribution in [0.15, 0.2) is 0 Å². The van der Waals surface area contributed by atoms with E-state index in [1.807, 2.05) is 41.5 Å². The van der Waals surface area contributed by atoms with Crippen molar-refractivity contribution in [3.05, 3.63) is 0 Å². The lowest BCUT2D eigenvalue weighted by atomic mass is 10.2. The molecule has 1 nitrogen and oxygen atoms in total. The third-order valence-electron chi connectivity index (χ3n) is 1.82. The predicted molar refractivity (Wildman–Crippen MR) is 74.6 cm³/mol. The van der Waals surface area contributed by atoms with E-state index in [0.717, 1.165) is 5.92 Å². The largest absolute Gasteiger partial charge is 0.303 e. The van der Waals surface area contributed by atoms with E-state index in [-0.39, 0.29) is 0 Å². The van der Waals surface area contributed by atoms with E-state index >= 15 is 0 Å². The first-order valence-corrected chi connectivity index (χ1v) is 7.01. The average Bonchev–Trinajstić information content (AvgIpc) is 2.78. The summed E-state index contributed by atoms with van der Waals surface area (Å²) in [6.07, 6.45) is 2.85. The molecule has 0 N–H and O–H groups in total. The number of likely N-dealkylation sites (tertiary alicyclic amines) is 1. The van der Waals surface area contributed by atoms with Gasteiger partial charge in [-0.3, -0.25) is 0 Å². The summed E-state index contributed by atoms with van der Waals surface area (Å²) in [7, 11) is 0. The molecule has 0 bridgehead atoms. The molecule has 0 amide bonds. The molecule has 0 spiro atoms. The van der Waals surface area contributed by atoms with Gasteiger partial charge in [0.15, 0.2) is 0 Å². The van der Waals surface area contributed by atoms with Crippen molar-refractivity contribution in [2.75, 3.05) is 19.6 Å². The van der Waals surface area contributed by atoms with Gasteiger partial charge in [-0.25, -0.2) is 0 Å². The van der Waals surface area contributed by atoms with Gasteiger partial charge in [-0.05, 0) is 31.8 Å². The Kier molecular flexibility index (Phi) is 26.5. The standard InChI is InChI=1S/C8H17N.3C2H6/c1-8(2)7-9-5-3-4-6-9;3*1-2/h8H,3-7H2,1-2H3;3*1-2H3. The predicted octanol–water partition coefficient (Wildman–Crippen LogP) is 4.82. The molecule has 1 saturated heterocycles. The van der Waals surface area contributed by atoms with Crippen molar-refractivity contribution in [1.29, 1.82) is 0 Å². The SMILES string of the molecule is CC.CC.CC.CC(C)CN1CCCC1. The van der Waals surface area contributed by atoms with Gasteiger partial charge in [-0.1, -0.05) is 55.4 Å². The van der Waals surface area contributed by atoms with Crippen molar-refractivity contribution in [2.45, 2.75) is 68.2 Å². The fraction of sp³-hybridized carbons (Fsp3) is 1.00. The molecule has 96 valence electrons. The Morgan fingerprint density at radius 1 is 0.800 bits per heavy atom. The lowest BCUT2D eigenvalue weighted by Gasteiger charge is -2.16. The first-order chi connectivity index (χ1) is 7.29. The first kappa shape index (κ1) is 20.4. The van der Waals surface area contributed by atoms with Gasteiger partial charge in [0.25, 0.3) is 0 Å². The highest BCUT2D eigenvalue weighted by molar-refractivity contribution is 4.66. The summed E-state index contributed by atoms with van der Waals surface area (Å²) < 4.78 is 0. The molecule has 1 fully saturated rings. The van der Waals surface area contributed by atoms with E-state index < -0.39 is 0 Å². The quantitative estimate of drug-likeness (QED) is 0.641. The molecule has 1 rings (SSSR count). The lowest BCUT2D eigenvalue weighted by Crippen LogP contribution is -2.23. The maximum Gasteiger partial charge on any atom is 0.000438 e. The maximum atomic E-state index is 2.56. The Bertz CT molecular complexity index is 73.4. The molecule has 0 atom stereocenters. The monoisotopic (exact) mass is 217 g/mol. The first-order valence-electron chi connectivity index (χ1n) is 7.01. The van der Waals surface area contributed by atoms with Gasteiger partial charge < -0.3 is 4.90 Å². The van der Waals surface area contributed by atoms with E-state index in [1.54, 1.807) is 0 Å². The van der Waals surface area contributed by atoms with Gasteiger partial charge >= 0.3 is 0 Å². The van der Waals surface area contributed by atoms with E-state index in [1.165, 1.54) is 32.5 Å². The van der Waals surface area contributed by atoms with Gasteiger partial charge in [0, 0.05) is 6.54 Å². The number of hydrogen-bond donors (Lipinski definition) is 0. The third-order valence-corrected chi connectivity index (χ3v) is 1.82. The van der Waals surface area contributed by atoms with Crippen LogP contribution >= 0.6 is 0 Å². The van der Waals surface area contributed by atoms with Gasteiger partial charge in [0.05, 0.1) is 0 Å².